The molecule has 0 bridgehead atoms. The fourth-order valence-electron chi connectivity index (χ4n) is 2.90. The zero-order valence-corrected chi connectivity index (χ0v) is 18.5. The van der Waals surface area contributed by atoms with Gasteiger partial charge in [0.05, 0.1) is 11.8 Å². The van der Waals surface area contributed by atoms with Gasteiger partial charge in [-0.1, -0.05) is 54.6 Å². The molecule has 0 saturated heterocycles. The van der Waals surface area contributed by atoms with Gasteiger partial charge < -0.3 is 25.7 Å². The molecule has 0 unspecified atom stereocenters. The van der Waals surface area contributed by atoms with E-state index in [4.69, 9.17) is 20.4 Å². The van der Waals surface area contributed by atoms with Gasteiger partial charge in [0.2, 0.25) is 0 Å². The molecule has 4 N–H and O–H groups in total. The molecule has 6 nitrogen and oxygen atoms in total. The number of aliphatic hydroxyl groups excluding tert-OH is 1. The van der Waals surface area contributed by atoms with Gasteiger partial charge in [0.25, 0.3) is 0 Å². The van der Waals surface area contributed by atoms with Crippen LogP contribution in [-0.2, 0) is 17.8 Å². The van der Waals surface area contributed by atoms with Crippen LogP contribution in [0.4, 0.5) is 5.69 Å². The molecule has 3 aromatic carbocycles. The Bertz CT molecular complexity index is 1010. The number of ether oxygens (including phenoxy) is 1. The topological polar surface area (TPSA) is 103 Å². The third-order valence-corrected chi connectivity index (χ3v) is 5.05. The smallest absolute Gasteiger partial charge is 0.303 e. The van der Waals surface area contributed by atoms with E-state index in [1.165, 1.54) is 0 Å². The number of aliphatic hydroxyl groups is 1. The summed E-state index contributed by atoms with van der Waals surface area (Å²) in [6.07, 6.45) is 2.85. The summed E-state index contributed by atoms with van der Waals surface area (Å²) in [6, 6.07) is 25.2. The Labute approximate surface area is 194 Å². The highest BCUT2D eigenvalue weighted by atomic mass is 16.5. The number of aryl methyl sites for hydroxylation is 1. The minimum absolute atomic E-state index is 0.0833. The summed E-state index contributed by atoms with van der Waals surface area (Å²) in [5.41, 5.74) is 4.43. The number of anilines is 1. The number of nitrogens with one attached hydrogen (secondary N) is 2. The summed E-state index contributed by atoms with van der Waals surface area (Å²) >= 11 is 0. The molecule has 1 aliphatic carbocycles. The standard InChI is InChI=1S/C24H24N2O3.C3H6O/c25-23(20-4-2-1-3-5-20)17-29-22-13-8-19(9-14-22)16-26-21-11-6-18(7-12-21)10-15-24(27)28;4-3-1-2-3/h1-9,11-14,25-26H,10,15-17H2,(H,27,28);3-4H,1-2H2. The number of carboxylic acid groups (broad SMARTS) is 1. The van der Waals surface area contributed by atoms with Crippen LogP contribution in [0, 0.1) is 5.41 Å². The van der Waals surface area contributed by atoms with Crippen LogP contribution < -0.4 is 10.1 Å². The van der Waals surface area contributed by atoms with E-state index >= 15 is 0 Å². The van der Waals surface area contributed by atoms with Crippen molar-refractivity contribution in [3.63, 3.8) is 0 Å². The van der Waals surface area contributed by atoms with E-state index in [0.29, 0.717) is 18.7 Å². The van der Waals surface area contributed by atoms with Crippen LogP contribution in [0.1, 0.15) is 36.0 Å². The van der Waals surface area contributed by atoms with Crippen LogP contribution in [0.15, 0.2) is 78.9 Å². The molecule has 0 heterocycles. The lowest BCUT2D eigenvalue weighted by atomic mass is 10.1. The fraction of sp³-hybridized carbons (Fsp3) is 0.259. The van der Waals surface area contributed by atoms with E-state index in [1.54, 1.807) is 0 Å². The molecule has 33 heavy (non-hydrogen) atoms. The van der Waals surface area contributed by atoms with Crippen LogP contribution in [0.2, 0.25) is 0 Å². The second kappa shape index (κ2) is 12.4. The van der Waals surface area contributed by atoms with E-state index in [-0.39, 0.29) is 19.1 Å². The predicted molar refractivity (Wildman–Crippen MR) is 130 cm³/mol. The molecule has 3 aromatic rings. The van der Waals surface area contributed by atoms with Gasteiger partial charge in [-0.05, 0) is 60.2 Å². The summed E-state index contributed by atoms with van der Waals surface area (Å²) in [7, 11) is 0. The Hall–Kier alpha value is -3.64. The summed E-state index contributed by atoms with van der Waals surface area (Å²) in [5, 5.41) is 28.3. The van der Waals surface area contributed by atoms with Crippen molar-refractivity contribution >= 4 is 17.4 Å². The molecule has 1 aliphatic rings. The third-order valence-electron chi connectivity index (χ3n) is 5.05. The van der Waals surface area contributed by atoms with Gasteiger partial charge in [-0.15, -0.1) is 0 Å². The van der Waals surface area contributed by atoms with Crippen molar-refractivity contribution in [3.05, 3.63) is 95.6 Å². The molecule has 6 heteroatoms. The van der Waals surface area contributed by atoms with Crippen molar-refractivity contribution in [2.45, 2.75) is 38.3 Å². The van der Waals surface area contributed by atoms with E-state index < -0.39 is 5.97 Å². The fourth-order valence-corrected chi connectivity index (χ4v) is 2.90. The largest absolute Gasteiger partial charge is 0.487 e. The first-order valence-corrected chi connectivity index (χ1v) is 11.1. The number of rotatable bonds is 10. The third kappa shape index (κ3) is 9.17. The molecule has 1 fully saturated rings. The summed E-state index contributed by atoms with van der Waals surface area (Å²) in [4.78, 5) is 10.6. The average molecular weight is 447 g/mol. The number of aliphatic carboxylic acids is 1. The zero-order valence-electron chi connectivity index (χ0n) is 18.5. The number of carboxylic acids is 1. The molecule has 0 aromatic heterocycles. The molecule has 4 rings (SSSR count). The SMILES string of the molecule is N=C(COc1ccc(CNc2ccc(CCC(=O)O)cc2)cc1)c1ccccc1.OC1CC1. The van der Waals surface area contributed by atoms with Crippen molar-refractivity contribution < 1.29 is 19.7 Å². The van der Waals surface area contributed by atoms with Gasteiger partial charge in [-0.2, -0.15) is 0 Å². The number of benzene rings is 3. The average Bonchev–Trinajstić information content (AvgIpc) is 3.64. The van der Waals surface area contributed by atoms with E-state index in [1.807, 2.05) is 78.9 Å². The van der Waals surface area contributed by atoms with Crippen molar-refractivity contribution in [1.29, 1.82) is 5.41 Å². The molecule has 0 amide bonds. The van der Waals surface area contributed by atoms with Crippen LogP contribution in [0.25, 0.3) is 0 Å². The maximum Gasteiger partial charge on any atom is 0.303 e. The van der Waals surface area contributed by atoms with Gasteiger partial charge in [0.1, 0.15) is 12.4 Å². The molecule has 0 aliphatic heterocycles. The molecule has 0 spiro atoms. The van der Waals surface area contributed by atoms with E-state index in [9.17, 15) is 4.79 Å². The Morgan fingerprint density at radius 3 is 2.12 bits per heavy atom. The Morgan fingerprint density at radius 2 is 1.55 bits per heavy atom. The molecule has 172 valence electrons. The highest BCUT2D eigenvalue weighted by molar-refractivity contribution is 5.99. The number of hydrogen-bond donors (Lipinski definition) is 4. The van der Waals surface area contributed by atoms with Crippen LogP contribution in [-0.4, -0.2) is 34.6 Å². The maximum absolute atomic E-state index is 10.6. The number of hydrogen-bond acceptors (Lipinski definition) is 5. The second-order valence-corrected chi connectivity index (χ2v) is 7.95. The Balaban J connectivity index is 0.000000690. The number of carbonyl (C=O) groups is 1. The van der Waals surface area contributed by atoms with Gasteiger partial charge in [0, 0.05) is 18.7 Å². The van der Waals surface area contributed by atoms with Crippen LogP contribution in [0.3, 0.4) is 0 Å². The lowest BCUT2D eigenvalue weighted by molar-refractivity contribution is -0.136. The van der Waals surface area contributed by atoms with E-state index in [0.717, 1.165) is 41.0 Å². The molecular weight excluding hydrogens is 416 g/mol. The Kier molecular flexibility index (Phi) is 9.03. The normalized spacial score (nSPS) is 12.3. The van der Waals surface area contributed by atoms with Gasteiger partial charge in [-0.3, -0.25) is 4.79 Å². The van der Waals surface area contributed by atoms with Crippen molar-refractivity contribution in [2.24, 2.45) is 0 Å². The first kappa shape index (κ1) is 24.0. The predicted octanol–water partition coefficient (Wildman–Crippen LogP) is 4.90. The lowest BCUT2D eigenvalue weighted by Gasteiger charge is -2.10. The Morgan fingerprint density at radius 1 is 0.939 bits per heavy atom. The van der Waals surface area contributed by atoms with Crippen LogP contribution in [0.5, 0.6) is 5.75 Å². The minimum Gasteiger partial charge on any atom is -0.487 e. The maximum atomic E-state index is 10.6. The zero-order chi connectivity index (χ0) is 23.5. The summed E-state index contributed by atoms with van der Waals surface area (Å²) < 4.78 is 5.71. The van der Waals surface area contributed by atoms with Gasteiger partial charge in [0.15, 0.2) is 0 Å². The summed E-state index contributed by atoms with van der Waals surface area (Å²) in [5.74, 6) is -0.0475. The second-order valence-electron chi connectivity index (χ2n) is 7.95. The molecule has 0 atom stereocenters. The molecule has 0 radical (unpaired) electrons. The van der Waals surface area contributed by atoms with Crippen molar-refractivity contribution in [3.8, 4) is 5.75 Å². The first-order valence-electron chi connectivity index (χ1n) is 11.1. The van der Waals surface area contributed by atoms with Gasteiger partial charge in [-0.25, -0.2) is 0 Å². The first-order chi connectivity index (χ1) is 16.0. The molecule has 1 saturated carbocycles. The van der Waals surface area contributed by atoms with Gasteiger partial charge >= 0.3 is 5.97 Å². The summed E-state index contributed by atoms with van der Waals surface area (Å²) in [6.45, 7) is 0.907. The van der Waals surface area contributed by atoms with Crippen molar-refractivity contribution in [2.75, 3.05) is 11.9 Å². The van der Waals surface area contributed by atoms with E-state index in [2.05, 4.69) is 5.32 Å². The lowest BCUT2D eigenvalue weighted by Crippen LogP contribution is -2.11. The minimum atomic E-state index is -0.781. The molecular formula is C27H30N2O4. The highest BCUT2D eigenvalue weighted by Gasteiger charge is 2.15. The monoisotopic (exact) mass is 446 g/mol. The highest BCUT2D eigenvalue weighted by Crippen LogP contribution is 2.17. The van der Waals surface area contributed by atoms with Crippen LogP contribution >= 0.6 is 0 Å². The van der Waals surface area contributed by atoms with Crippen molar-refractivity contribution in [1.82, 2.24) is 0 Å². The quantitative estimate of drug-likeness (QED) is 0.332.